The fourth-order valence-corrected chi connectivity index (χ4v) is 4.80. The van der Waals surface area contributed by atoms with E-state index in [0.29, 0.717) is 11.3 Å². The van der Waals surface area contributed by atoms with Gasteiger partial charge >= 0.3 is 6.03 Å². The molecule has 0 bridgehead atoms. The lowest BCUT2D eigenvalue weighted by Gasteiger charge is -2.26. The molecule has 182 valence electrons. The zero-order chi connectivity index (χ0) is 24.7. The van der Waals surface area contributed by atoms with E-state index in [2.05, 4.69) is 26.9 Å². The summed E-state index contributed by atoms with van der Waals surface area (Å²) in [6, 6.07) is 11.6. The number of sulfonamides is 1. The predicted octanol–water partition coefficient (Wildman–Crippen LogP) is 4.05. The van der Waals surface area contributed by atoms with Crippen molar-refractivity contribution < 1.29 is 13.2 Å². The maximum Gasteiger partial charge on any atom is 0.328 e. The van der Waals surface area contributed by atoms with E-state index in [1.165, 1.54) is 18.5 Å². The molecule has 0 atom stereocenters. The highest BCUT2D eigenvalue weighted by Crippen LogP contribution is 2.23. The molecule has 9 heteroatoms. The molecule has 0 aliphatic heterocycles. The van der Waals surface area contributed by atoms with Gasteiger partial charge in [0, 0.05) is 6.04 Å². The van der Waals surface area contributed by atoms with Crippen molar-refractivity contribution in [3.05, 3.63) is 70.3 Å². The van der Waals surface area contributed by atoms with Gasteiger partial charge in [0.1, 0.15) is 0 Å². The quantitative estimate of drug-likeness (QED) is 0.516. The first-order chi connectivity index (χ1) is 16.2. The largest absolute Gasteiger partial charge is 0.335 e. The Bertz CT molecular complexity index is 1280. The third-order valence-corrected chi connectivity index (χ3v) is 7.36. The van der Waals surface area contributed by atoms with E-state index in [4.69, 9.17) is 0 Å². The number of aryl methyl sites for hydroxylation is 2. The molecule has 1 aliphatic carbocycles. The Balaban J connectivity index is 0.000000226. The first-order valence-corrected chi connectivity index (χ1v) is 13.0. The number of rotatable bonds is 4. The molecule has 2 aromatic carbocycles. The molecule has 0 unspecified atom stereocenters. The second-order valence-electron chi connectivity index (χ2n) is 8.79. The van der Waals surface area contributed by atoms with Crippen molar-refractivity contribution in [2.45, 2.75) is 63.8 Å². The van der Waals surface area contributed by atoms with E-state index < -0.39 is 16.1 Å². The highest BCUT2D eigenvalue weighted by Gasteiger charge is 2.22. The van der Waals surface area contributed by atoms with E-state index in [1.54, 1.807) is 18.2 Å². The van der Waals surface area contributed by atoms with Crippen LogP contribution in [0.2, 0.25) is 0 Å². The third kappa shape index (κ3) is 6.90. The topological polar surface area (TPSA) is 121 Å². The van der Waals surface area contributed by atoms with Gasteiger partial charge < -0.3 is 10.3 Å². The number of nitrogens with zero attached hydrogens (tertiary/aromatic N) is 1. The van der Waals surface area contributed by atoms with Gasteiger partial charge in [-0.25, -0.2) is 22.9 Å². The van der Waals surface area contributed by atoms with Crippen LogP contribution in [0.1, 0.15) is 50.7 Å². The van der Waals surface area contributed by atoms with Crippen LogP contribution in [0.15, 0.2) is 58.5 Å². The van der Waals surface area contributed by atoms with Gasteiger partial charge in [0.05, 0.1) is 22.1 Å². The van der Waals surface area contributed by atoms with Crippen LogP contribution in [-0.4, -0.2) is 30.5 Å². The van der Waals surface area contributed by atoms with Crippen LogP contribution in [-0.2, 0) is 16.4 Å². The molecule has 1 saturated carbocycles. The van der Waals surface area contributed by atoms with E-state index in [0.717, 1.165) is 48.7 Å². The number of carbonyl (C=O) groups excluding carboxylic acids is 1. The molecule has 0 spiro atoms. The van der Waals surface area contributed by atoms with Gasteiger partial charge in [-0.3, -0.25) is 4.79 Å². The maximum absolute atomic E-state index is 12.2. The minimum Gasteiger partial charge on any atom is -0.335 e. The summed E-state index contributed by atoms with van der Waals surface area (Å²) < 4.78 is 26.4. The van der Waals surface area contributed by atoms with Gasteiger partial charge in [0.15, 0.2) is 0 Å². The number of urea groups is 1. The van der Waals surface area contributed by atoms with Crippen molar-refractivity contribution in [1.29, 1.82) is 0 Å². The van der Waals surface area contributed by atoms with Crippen LogP contribution >= 0.6 is 0 Å². The molecule has 1 heterocycles. The Morgan fingerprint density at radius 3 is 2.41 bits per heavy atom. The Morgan fingerprint density at radius 2 is 1.76 bits per heavy atom. The summed E-state index contributed by atoms with van der Waals surface area (Å²) >= 11 is 0. The normalized spacial score (nSPS) is 18.0. The van der Waals surface area contributed by atoms with Gasteiger partial charge in [0.2, 0.25) is 0 Å². The number of hydrogen-bond acceptors (Lipinski definition) is 5. The monoisotopic (exact) mass is 484 g/mol. The predicted molar refractivity (Wildman–Crippen MR) is 133 cm³/mol. The maximum atomic E-state index is 12.2. The van der Waals surface area contributed by atoms with Crippen molar-refractivity contribution in [2.24, 2.45) is 5.92 Å². The van der Waals surface area contributed by atoms with Gasteiger partial charge in [0.25, 0.3) is 15.6 Å². The molecule has 34 heavy (non-hydrogen) atoms. The number of aromatic nitrogens is 2. The summed E-state index contributed by atoms with van der Waals surface area (Å²) in [6.45, 7) is 6.17. The Labute approximate surface area is 200 Å². The molecule has 0 saturated heterocycles. The van der Waals surface area contributed by atoms with E-state index in [-0.39, 0.29) is 16.5 Å². The summed E-state index contributed by atoms with van der Waals surface area (Å²) in [6.07, 6.45) is 6.20. The first kappa shape index (κ1) is 25.4. The lowest BCUT2D eigenvalue weighted by molar-refractivity contribution is 0.233. The fourth-order valence-electron chi connectivity index (χ4n) is 3.88. The van der Waals surface area contributed by atoms with Crippen LogP contribution < -0.4 is 15.6 Å². The summed E-state index contributed by atoms with van der Waals surface area (Å²) in [5, 5.41) is 3.40. The molecule has 8 nitrogen and oxygen atoms in total. The smallest absolute Gasteiger partial charge is 0.328 e. The number of benzene rings is 2. The average molecular weight is 485 g/mol. The minimum absolute atomic E-state index is 0.0638. The van der Waals surface area contributed by atoms with Crippen LogP contribution in [0.4, 0.5) is 4.79 Å². The molecule has 3 N–H and O–H groups in total. The average Bonchev–Trinajstić information content (AvgIpc) is 2.81. The minimum atomic E-state index is -3.81. The Kier molecular flexibility index (Phi) is 8.44. The molecule has 4 rings (SSSR count). The summed E-state index contributed by atoms with van der Waals surface area (Å²) in [4.78, 5) is 29.8. The number of fused-ring (bicyclic) bond motifs is 1. The fraction of sp³-hybridized carbons (Fsp3) is 0.400. The van der Waals surface area contributed by atoms with E-state index in [1.807, 2.05) is 26.0 Å². The number of nitrogens with one attached hydrogen (secondary N) is 3. The van der Waals surface area contributed by atoms with E-state index >= 15 is 0 Å². The Morgan fingerprint density at radius 1 is 1.09 bits per heavy atom. The van der Waals surface area contributed by atoms with Gasteiger partial charge in [-0.2, -0.15) is 0 Å². The van der Waals surface area contributed by atoms with Crippen LogP contribution in [0.25, 0.3) is 10.9 Å². The number of hydrogen-bond donors (Lipinski definition) is 3. The van der Waals surface area contributed by atoms with Crippen molar-refractivity contribution in [2.75, 3.05) is 0 Å². The summed E-state index contributed by atoms with van der Waals surface area (Å²) in [7, 11) is -3.81. The molecule has 1 fully saturated rings. The second-order valence-corrected chi connectivity index (χ2v) is 10.5. The van der Waals surface area contributed by atoms with Crippen molar-refractivity contribution in [3.63, 3.8) is 0 Å². The second kappa shape index (κ2) is 11.3. The van der Waals surface area contributed by atoms with Crippen molar-refractivity contribution in [3.8, 4) is 0 Å². The zero-order valence-corrected chi connectivity index (χ0v) is 20.6. The Hall–Kier alpha value is -3.20. The lowest BCUT2D eigenvalue weighted by atomic mass is 9.87. The van der Waals surface area contributed by atoms with Gasteiger partial charge in [-0.15, -0.1) is 0 Å². The zero-order valence-electron chi connectivity index (χ0n) is 19.8. The van der Waals surface area contributed by atoms with Gasteiger partial charge in [-0.1, -0.05) is 32.0 Å². The highest BCUT2D eigenvalue weighted by atomic mass is 32.2. The molecule has 3 aromatic rings. The number of aromatic amines is 1. The van der Waals surface area contributed by atoms with Crippen LogP contribution in [0, 0.1) is 12.8 Å². The van der Waals surface area contributed by atoms with Crippen LogP contribution in [0.5, 0.6) is 0 Å². The third-order valence-electron chi connectivity index (χ3n) is 6.02. The molecule has 0 radical (unpaired) electrons. The van der Waals surface area contributed by atoms with Gasteiger partial charge in [-0.05, 0) is 80.3 Å². The number of amides is 2. The van der Waals surface area contributed by atoms with Crippen molar-refractivity contribution >= 4 is 27.0 Å². The molecule has 1 aromatic heterocycles. The lowest BCUT2D eigenvalue weighted by Crippen LogP contribution is -2.45. The standard InChI is InChI=1S/C16H24N2O3S.C9H8N2O/c1-3-13-6-10-15(11-7-13)22(20,21)18-16(19)17-14-8-4-12(2)5-9-14;1-6-2-3-7-8(4-6)10-5-11-9(7)12/h6-7,10-12,14H,3-5,8-9H2,1-2H3,(H2,17,18,19);2-5H,1H3,(H,10,11,12). The van der Waals surface area contributed by atoms with Crippen molar-refractivity contribution in [1.82, 2.24) is 20.0 Å². The summed E-state index contributed by atoms with van der Waals surface area (Å²) in [5.74, 6) is 0.682. The first-order valence-electron chi connectivity index (χ1n) is 11.5. The number of carbonyl (C=O) groups is 1. The van der Waals surface area contributed by atoms with E-state index in [9.17, 15) is 18.0 Å². The van der Waals surface area contributed by atoms with Crippen LogP contribution in [0.3, 0.4) is 0 Å². The molecule has 1 aliphatic rings. The molecular formula is C25H32N4O4S. The summed E-state index contributed by atoms with van der Waals surface area (Å²) in [5.41, 5.74) is 2.83. The SMILES string of the molecule is CCc1ccc(S(=O)(=O)NC(=O)NC2CCC(C)CC2)cc1.Cc1ccc2c(=O)[nH]cnc2c1. The molecule has 2 amide bonds. The highest BCUT2D eigenvalue weighted by molar-refractivity contribution is 7.90. The number of H-pyrrole nitrogens is 1. The molecular weight excluding hydrogens is 452 g/mol.